The van der Waals surface area contributed by atoms with Crippen molar-refractivity contribution < 1.29 is 9.53 Å². The van der Waals surface area contributed by atoms with Crippen LogP contribution in [-0.4, -0.2) is 45.5 Å². The molecular formula is C27H32N6O2. The average Bonchev–Trinajstić information content (AvgIpc) is 3.48. The fourth-order valence-corrected chi connectivity index (χ4v) is 4.65. The zero-order valence-electron chi connectivity index (χ0n) is 20.2. The Morgan fingerprint density at radius 1 is 1.03 bits per heavy atom. The van der Waals surface area contributed by atoms with Gasteiger partial charge in [0.25, 0.3) is 0 Å². The molecule has 4 heterocycles. The lowest BCUT2D eigenvalue weighted by atomic mass is 10.1. The van der Waals surface area contributed by atoms with Crippen molar-refractivity contribution in [2.45, 2.75) is 52.1 Å². The number of hydrogen-bond donors (Lipinski definition) is 1. The van der Waals surface area contributed by atoms with E-state index < -0.39 is 0 Å². The van der Waals surface area contributed by atoms with E-state index in [0.717, 1.165) is 36.2 Å². The number of anilines is 2. The summed E-state index contributed by atoms with van der Waals surface area (Å²) >= 11 is 0. The Kier molecular flexibility index (Phi) is 6.90. The number of aromatic nitrogens is 3. The summed E-state index contributed by atoms with van der Waals surface area (Å²) in [6.45, 7) is 6.37. The minimum Gasteiger partial charge on any atom is -0.463 e. The van der Waals surface area contributed by atoms with Crippen LogP contribution in [0.1, 0.15) is 49.3 Å². The second-order valence-electron chi connectivity index (χ2n) is 9.28. The zero-order chi connectivity index (χ0) is 24.2. The number of rotatable bonds is 9. The van der Waals surface area contributed by atoms with Crippen LogP contribution in [0.3, 0.4) is 0 Å². The number of ether oxygens (including phenoxy) is 1. The smallest absolute Gasteiger partial charge is 0.320 e. The van der Waals surface area contributed by atoms with Crippen molar-refractivity contribution in [1.29, 1.82) is 0 Å². The average molecular weight is 473 g/mol. The Hall–Kier alpha value is -3.52. The lowest BCUT2D eigenvalue weighted by molar-refractivity contribution is -0.117. The van der Waals surface area contributed by atoms with E-state index in [4.69, 9.17) is 10.5 Å². The number of nitrogens with two attached hydrogens (primary N) is 1. The van der Waals surface area contributed by atoms with Crippen molar-refractivity contribution in [3.63, 3.8) is 0 Å². The molecule has 0 unspecified atom stereocenters. The number of likely N-dealkylation sites (tertiary alicyclic amines) is 1. The minimum atomic E-state index is -0.0451. The summed E-state index contributed by atoms with van der Waals surface area (Å²) in [5, 5.41) is 0. The van der Waals surface area contributed by atoms with Gasteiger partial charge in [-0.15, -0.1) is 0 Å². The molecule has 2 aliphatic rings. The highest BCUT2D eigenvalue weighted by Crippen LogP contribution is 2.33. The lowest BCUT2D eigenvalue weighted by Gasteiger charge is -2.18. The molecule has 35 heavy (non-hydrogen) atoms. The zero-order valence-corrected chi connectivity index (χ0v) is 20.2. The minimum absolute atomic E-state index is 0.0451. The monoisotopic (exact) mass is 472 g/mol. The molecule has 2 aromatic heterocycles. The number of amides is 1. The maximum absolute atomic E-state index is 12.8. The van der Waals surface area contributed by atoms with Gasteiger partial charge in [0, 0.05) is 23.9 Å². The summed E-state index contributed by atoms with van der Waals surface area (Å²) in [4.78, 5) is 30.3. The predicted octanol–water partition coefficient (Wildman–Crippen LogP) is 3.98. The van der Waals surface area contributed by atoms with Crippen LogP contribution < -0.4 is 15.4 Å². The largest absolute Gasteiger partial charge is 0.463 e. The molecule has 2 N–H and O–H groups in total. The maximum atomic E-state index is 12.8. The van der Waals surface area contributed by atoms with Crippen LogP contribution in [0.15, 0.2) is 42.6 Å². The first-order chi connectivity index (χ1) is 17.1. The van der Waals surface area contributed by atoms with E-state index >= 15 is 0 Å². The standard InChI is InChI=1S/C27H32N6O2/c1-2-3-14-35-27-30-25(28)22-16-24(34)33(26(22)31-27)18-20-10-11-29-23(15-20)21-8-6-19(7-9-21)17-32-12-4-5-13-32/h6-11,15H,2-5,12-14,16-18H2,1H3,(H2,28,30,31). The topological polar surface area (TPSA) is 97.5 Å². The van der Waals surface area contributed by atoms with Gasteiger partial charge in [0.15, 0.2) is 0 Å². The van der Waals surface area contributed by atoms with Gasteiger partial charge < -0.3 is 10.5 Å². The number of pyridine rings is 1. The van der Waals surface area contributed by atoms with Crippen LogP contribution >= 0.6 is 0 Å². The van der Waals surface area contributed by atoms with Crippen LogP contribution in [0.2, 0.25) is 0 Å². The molecule has 1 fully saturated rings. The molecule has 0 saturated carbocycles. The second kappa shape index (κ2) is 10.4. The van der Waals surface area contributed by atoms with E-state index in [0.29, 0.717) is 30.4 Å². The first-order valence-electron chi connectivity index (χ1n) is 12.5. The number of fused-ring (bicyclic) bond motifs is 1. The molecule has 0 aliphatic carbocycles. The molecule has 5 rings (SSSR count). The van der Waals surface area contributed by atoms with Gasteiger partial charge >= 0.3 is 6.01 Å². The predicted molar refractivity (Wildman–Crippen MR) is 136 cm³/mol. The molecule has 0 bridgehead atoms. The van der Waals surface area contributed by atoms with Crippen molar-refractivity contribution in [3.05, 3.63) is 59.3 Å². The van der Waals surface area contributed by atoms with E-state index in [-0.39, 0.29) is 18.3 Å². The SMILES string of the molecule is CCCCOc1nc(N)c2c(n1)N(Cc1ccnc(-c3ccc(CN4CCCC4)cc3)c1)C(=O)C2. The summed E-state index contributed by atoms with van der Waals surface area (Å²) < 4.78 is 5.66. The quantitative estimate of drug-likeness (QED) is 0.470. The number of benzene rings is 1. The Balaban J connectivity index is 1.32. The van der Waals surface area contributed by atoms with E-state index in [1.54, 1.807) is 11.1 Å². The van der Waals surface area contributed by atoms with Crippen molar-refractivity contribution >= 4 is 17.5 Å². The molecule has 2 aliphatic heterocycles. The first-order valence-corrected chi connectivity index (χ1v) is 12.5. The molecule has 1 amide bonds. The third-order valence-corrected chi connectivity index (χ3v) is 6.63. The van der Waals surface area contributed by atoms with Gasteiger partial charge in [-0.2, -0.15) is 9.97 Å². The molecule has 1 saturated heterocycles. The fourth-order valence-electron chi connectivity index (χ4n) is 4.65. The highest BCUT2D eigenvalue weighted by atomic mass is 16.5. The summed E-state index contributed by atoms with van der Waals surface area (Å²) in [5.41, 5.74) is 11.0. The number of carbonyl (C=O) groups is 1. The van der Waals surface area contributed by atoms with Crippen molar-refractivity contribution in [3.8, 4) is 17.3 Å². The van der Waals surface area contributed by atoms with Crippen molar-refractivity contribution in [2.75, 3.05) is 30.3 Å². The molecule has 8 heteroatoms. The maximum Gasteiger partial charge on any atom is 0.320 e. The van der Waals surface area contributed by atoms with Gasteiger partial charge in [0.1, 0.15) is 11.6 Å². The molecule has 0 atom stereocenters. The summed E-state index contributed by atoms with van der Waals surface area (Å²) in [6.07, 6.45) is 6.50. The fraction of sp³-hybridized carbons (Fsp3) is 0.407. The van der Waals surface area contributed by atoms with Gasteiger partial charge in [-0.25, -0.2) is 0 Å². The van der Waals surface area contributed by atoms with Crippen LogP contribution in [-0.2, 0) is 24.3 Å². The third-order valence-electron chi connectivity index (χ3n) is 6.63. The van der Waals surface area contributed by atoms with Gasteiger partial charge in [0.05, 0.1) is 25.3 Å². The van der Waals surface area contributed by atoms with E-state index in [9.17, 15) is 4.79 Å². The summed E-state index contributed by atoms with van der Waals surface area (Å²) in [5.74, 6) is 0.803. The van der Waals surface area contributed by atoms with Crippen LogP contribution in [0.5, 0.6) is 6.01 Å². The number of hydrogen-bond acceptors (Lipinski definition) is 7. The summed E-state index contributed by atoms with van der Waals surface area (Å²) in [6, 6.07) is 12.8. The molecule has 8 nitrogen and oxygen atoms in total. The van der Waals surface area contributed by atoms with E-state index in [2.05, 4.69) is 51.0 Å². The van der Waals surface area contributed by atoms with Crippen molar-refractivity contribution in [1.82, 2.24) is 19.9 Å². The molecule has 0 radical (unpaired) electrons. The summed E-state index contributed by atoms with van der Waals surface area (Å²) in [7, 11) is 0. The molecular weight excluding hydrogens is 440 g/mol. The number of nitrogens with zero attached hydrogens (tertiary/aromatic N) is 5. The second-order valence-corrected chi connectivity index (χ2v) is 9.28. The van der Waals surface area contributed by atoms with Gasteiger partial charge in [-0.05, 0) is 55.6 Å². The highest BCUT2D eigenvalue weighted by molar-refractivity contribution is 6.01. The molecule has 0 spiro atoms. The van der Waals surface area contributed by atoms with Gasteiger partial charge in [-0.1, -0.05) is 37.6 Å². The molecule has 1 aromatic carbocycles. The van der Waals surface area contributed by atoms with Crippen molar-refractivity contribution in [2.24, 2.45) is 0 Å². The Bertz CT molecular complexity index is 1190. The van der Waals surface area contributed by atoms with Gasteiger partial charge in [-0.3, -0.25) is 19.6 Å². The van der Waals surface area contributed by atoms with Crippen LogP contribution in [0.25, 0.3) is 11.3 Å². The van der Waals surface area contributed by atoms with Crippen LogP contribution in [0.4, 0.5) is 11.6 Å². The lowest BCUT2D eigenvalue weighted by Crippen LogP contribution is -2.26. The Labute approximate surface area is 206 Å². The van der Waals surface area contributed by atoms with Gasteiger partial charge in [0.2, 0.25) is 5.91 Å². The molecule has 182 valence electrons. The third kappa shape index (κ3) is 5.27. The van der Waals surface area contributed by atoms with E-state index in [1.807, 2.05) is 12.1 Å². The number of unbranched alkanes of at least 4 members (excludes halogenated alkanes) is 1. The van der Waals surface area contributed by atoms with E-state index in [1.165, 1.54) is 31.5 Å². The Morgan fingerprint density at radius 2 is 1.83 bits per heavy atom. The Morgan fingerprint density at radius 3 is 2.60 bits per heavy atom. The molecule has 3 aromatic rings. The van der Waals surface area contributed by atoms with Crippen LogP contribution in [0, 0.1) is 0 Å². The number of carbonyl (C=O) groups excluding carboxylic acids is 1. The highest BCUT2D eigenvalue weighted by Gasteiger charge is 2.32. The number of nitrogen functional groups attached to an aromatic ring is 1. The normalized spacial score (nSPS) is 15.6. The first kappa shape index (κ1) is 23.2.